The molecular formula is C18H21NO2S. The lowest BCUT2D eigenvalue weighted by Crippen LogP contribution is -2.26. The van der Waals surface area contributed by atoms with E-state index in [1.807, 2.05) is 42.5 Å². The molecule has 0 bridgehead atoms. The first-order chi connectivity index (χ1) is 10.6. The molecule has 1 heterocycles. The Labute approximate surface area is 132 Å². The van der Waals surface area contributed by atoms with Gasteiger partial charge in [-0.1, -0.05) is 42.5 Å². The minimum absolute atomic E-state index is 0.0561. The Kier molecular flexibility index (Phi) is 4.60. The Morgan fingerprint density at radius 1 is 0.909 bits per heavy atom. The zero-order chi connectivity index (χ0) is 15.4. The largest absolute Gasteiger partial charge is 0.317 e. The van der Waals surface area contributed by atoms with Gasteiger partial charge in [-0.15, -0.1) is 0 Å². The molecule has 3 rings (SSSR count). The Bertz CT molecular complexity index is 703. The third kappa shape index (κ3) is 3.57. The van der Waals surface area contributed by atoms with Crippen molar-refractivity contribution in [3.63, 3.8) is 0 Å². The Morgan fingerprint density at radius 3 is 2.18 bits per heavy atom. The van der Waals surface area contributed by atoms with Gasteiger partial charge in [-0.2, -0.15) is 0 Å². The van der Waals surface area contributed by atoms with Crippen molar-refractivity contribution in [1.29, 1.82) is 0 Å². The van der Waals surface area contributed by atoms with Crippen LogP contribution in [-0.4, -0.2) is 21.5 Å². The molecule has 0 aromatic heterocycles. The summed E-state index contributed by atoms with van der Waals surface area (Å²) in [4.78, 5) is 0.411. The monoisotopic (exact) mass is 315 g/mol. The second kappa shape index (κ2) is 6.63. The van der Waals surface area contributed by atoms with E-state index in [4.69, 9.17) is 0 Å². The number of benzene rings is 2. The molecular weight excluding hydrogens is 294 g/mol. The molecule has 3 nitrogen and oxygen atoms in total. The van der Waals surface area contributed by atoms with Crippen LogP contribution in [0, 0.1) is 0 Å². The van der Waals surface area contributed by atoms with E-state index in [2.05, 4.69) is 5.32 Å². The lowest BCUT2D eigenvalue weighted by Gasteiger charge is -2.23. The van der Waals surface area contributed by atoms with E-state index < -0.39 is 9.84 Å². The van der Waals surface area contributed by atoms with Crippen LogP contribution in [0.15, 0.2) is 59.5 Å². The highest BCUT2D eigenvalue weighted by Gasteiger charge is 2.18. The summed E-state index contributed by atoms with van der Waals surface area (Å²) >= 11 is 0. The van der Waals surface area contributed by atoms with Crippen LogP contribution in [0.3, 0.4) is 0 Å². The van der Waals surface area contributed by atoms with E-state index in [1.165, 1.54) is 5.56 Å². The summed E-state index contributed by atoms with van der Waals surface area (Å²) in [5, 5.41) is 3.35. The number of nitrogens with one attached hydrogen (secondary N) is 1. The van der Waals surface area contributed by atoms with Gasteiger partial charge in [0.25, 0.3) is 0 Å². The normalized spacial score (nSPS) is 16.5. The van der Waals surface area contributed by atoms with Gasteiger partial charge in [0.05, 0.1) is 10.6 Å². The van der Waals surface area contributed by atoms with Crippen LogP contribution in [0.2, 0.25) is 0 Å². The van der Waals surface area contributed by atoms with E-state index in [0.29, 0.717) is 10.8 Å². The molecule has 1 aliphatic rings. The Balaban J connectivity index is 1.76. The predicted molar refractivity (Wildman–Crippen MR) is 88.6 cm³/mol. The quantitative estimate of drug-likeness (QED) is 0.943. The van der Waals surface area contributed by atoms with Crippen molar-refractivity contribution in [1.82, 2.24) is 5.32 Å². The average molecular weight is 315 g/mol. The van der Waals surface area contributed by atoms with Crippen LogP contribution < -0.4 is 5.32 Å². The van der Waals surface area contributed by atoms with Crippen molar-refractivity contribution < 1.29 is 8.42 Å². The predicted octanol–water partition coefficient (Wildman–Crippen LogP) is 3.13. The van der Waals surface area contributed by atoms with E-state index in [-0.39, 0.29) is 5.75 Å². The van der Waals surface area contributed by atoms with Crippen LogP contribution in [0.5, 0.6) is 0 Å². The van der Waals surface area contributed by atoms with Gasteiger partial charge in [0, 0.05) is 0 Å². The van der Waals surface area contributed by atoms with Crippen molar-refractivity contribution in [3.8, 4) is 0 Å². The van der Waals surface area contributed by atoms with Gasteiger partial charge < -0.3 is 5.32 Å². The van der Waals surface area contributed by atoms with Crippen LogP contribution >= 0.6 is 0 Å². The first-order valence-electron chi connectivity index (χ1n) is 7.72. The zero-order valence-corrected chi connectivity index (χ0v) is 13.4. The number of sulfone groups is 1. The van der Waals surface area contributed by atoms with Crippen molar-refractivity contribution in [2.24, 2.45) is 0 Å². The van der Waals surface area contributed by atoms with E-state index in [0.717, 1.165) is 31.5 Å². The Hall–Kier alpha value is -1.65. The fourth-order valence-corrected chi connectivity index (χ4v) is 4.33. The maximum absolute atomic E-state index is 12.5. The minimum Gasteiger partial charge on any atom is -0.317 e. The van der Waals surface area contributed by atoms with Gasteiger partial charge in [-0.3, -0.25) is 0 Å². The van der Waals surface area contributed by atoms with Gasteiger partial charge >= 0.3 is 0 Å². The summed E-state index contributed by atoms with van der Waals surface area (Å²) in [6.07, 6.45) is 2.24. The molecule has 1 aliphatic heterocycles. The highest BCUT2D eigenvalue weighted by molar-refractivity contribution is 7.90. The molecule has 4 heteroatoms. The van der Waals surface area contributed by atoms with Crippen LogP contribution in [-0.2, 0) is 15.6 Å². The SMILES string of the molecule is O=S(=O)(Cc1ccccc1)c1ccc(C2CCNCC2)cc1. The maximum atomic E-state index is 12.5. The topological polar surface area (TPSA) is 46.2 Å². The second-order valence-electron chi connectivity index (χ2n) is 5.84. The second-order valence-corrected chi connectivity index (χ2v) is 7.83. The van der Waals surface area contributed by atoms with E-state index in [9.17, 15) is 8.42 Å². The van der Waals surface area contributed by atoms with Gasteiger partial charge in [0.15, 0.2) is 9.84 Å². The molecule has 0 unspecified atom stereocenters. The molecule has 2 aromatic carbocycles. The fourth-order valence-electron chi connectivity index (χ4n) is 2.98. The summed E-state index contributed by atoms with van der Waals surface area (Å²) in [7, 11) is -3.27. The molecule has 0 amide bonds. The van der Waals surface area contributed by atoms with Crippen LogP contribution in [0.1, 0.15) is 29.9 Å². The molecule has 116 valence electrons. The molecule has 0 radical (unpaired) electrons. The summed E-state index contributed by atoms with van der Waals surface area (Å²) in [5.41, 5.74) is 2.07. The molecule has 22 heavy (non-hydrogen) atoms. The maximum Gasteiger partial charge on any atom is 0.182 e. The smallest absolute Gasteiger partial charge is 0.182 e. The molecule has 2 aromatic rings. The minimum atomic E-state index is -3.27. The lowest BCUT2D eigenvalue weighted by atomic mass is 9.90. The van der Waals surface area contributed by atoms with Crippen molar-refractivity contribution in [2.75, 3.05) is 13.1 Å². The van der Waals surface area contributed by atoms with Crippen LogP contribution in [0.25, 0.3) is 0 Å². The zero-order valence-electron chi connectivity index (χ0n) is 12.5. The van der Waals surface area contributed by atoms with Crippen molar-refractivity contribution in [3.05, 3.63) is 65.7 Å². The van der Waals surface area contributed by atoms with Crippen molar-refractivity contribution in [2.45, 2.75) is 29.4 Å². The average Bonchev–Trinajstić information content (AvgIpc) is 2.56. The fraction of sp³-hybridized carbons (Fsp3) is 0.333. The summed E-state index contributed by atoms with van der Waals surface area (Å²) in [6, 6.07) is 16.8. The standard InChI is InChI=1S/C18H21NO2S/c20-22(21,14-15-4-2-1-3-5-15)18-8-6-16(7-9-18)17-10-12-19-13-11-17/h1-9,17,19H,10-14H2. The summed E-state index contributed by atoms with van der Waals surface area (Å²) in [6.45, 7) is 2.08. The van der Waals surface area contributed by atoms with Gasteiger partial charge in [0.1, 0.15) is 0 Å². The molecule has 1 fully saturated rings. The van der Waals surface area contributed by atoms with Crippen molar-refractivity contribution >= 4 is 9.84 Å². The summed E-state index contributed by atoms with van der Waals surface area (Å²) in [5.74, 6) is 0.604. The first kappa shape index (κ1) is 15.3. The highest BCUT2D eigenvalue weighted by atomic mass is 32.2. The lowest BCUT2D eigenvalue weighted by molar-refractivity contribution is 0.460. The van der Waals surface area contributed by atoms with E-state index in [1.54, 1.807) is 12.1 Å². The number of rotatable bonds is 4. The third-order valence-electron chi connectivity index (χ3n) is 4.25. The molecule has 0 spiro atoms. The molecule has 1 saturated heterocycles. The molecule has 0 aliphatic carbocycles. The number of hydrogen-bond acceptors (Lipinski definition) is 3. The number of hydrogen-bond donors (Lipinski definition) is 1. The number of piperidine rings is 1. The van der Waals surface area contributed by atoms with Gasteiger partial charge in [0.2, 0.25) is 0 Å². The summed E-state index contributed by atoms with van der Waals surface area (Å²) < 4.78 is 25.0. The molecule has 0 atom stereocenters. The molecule has 1 N–H and O–H groups in total. The van der Waals surface area contributed by atoms with E-state index >= 15 is 0 Å². The molecule has 0 saturated carbocycles. The van der Waals surface area contributed by atoms with Gasteiger partial charge in [-0.05, 0) is 55.1 Å². The van der Waals surface area contributed by atoms with Crippen LogP contribution in [0.4, 0.5) is 0 Å². The van der Waals surface area contributed by atoms with Gasteiger partial charge in [-0.25, -0.2) is 8.42 Å². The third-order valence-corrected chi connectivity index (χ3v) is 5.95. The Morgan fingerprint density at radius 2 is 1.55 bits per heavy atom. The highest BCUT2D eigenvalue weighted by Crippen LogP contribution is 2.26. The first-order valence-corrected chi connectivity index (χ1v) is 9.38.